The van der Waals surface area contributed by atoms with Crippen LogP contribution in [-0.4, -0.2) is 23.1 Å². The van der Waals surface area contributed by atoms with Gasteiger partial charge in [0.1, 0.15) is 6.07 Å². The van der Waals surface area contributed by atoms with Crippen molar-refractivity contribution in [3.8, 4) is 6.07 Å². The van der Waals surface area contributed by atoms with Crippen molar-refractivity contribution >= 4 is 17.6 Å². The third-order valence-corrected chi connectivity index (χ3v) is 3.16. The Morgan fingerprint density at radius 3 is 2.57 bits per heavy atom. The van der Waals surface area contributed by atoms with Gasteiger partial charge < -0.3 is 14.6 Å². The van der Waals surface area contributed by atoms with Crippen LogP contribution < -0.4 is 5.32 Å². The Balaban J connectivity index is 2.51. The number of hydrogen-bond donors (Lipinski definition) is 1. The summed E-state index contributed by atoms with van der Waals surface area (Å²) in [7, 11) is 0. The fourth-order valence-electron chi connectivity index (χ4n) is 2.27. The van der Waals surface area contributed by atoms with Gasteiger partial charge in [0.25, 0.3) is 0 Å². The van der Waals surface area contributed by atoms with Crippen molar-refractivity contribution in [2.75, 3.05) is 11.9 Å². The molecule has 0 unspecified atom stereocenters. The predicted octanol–water partition coefficient (Wildman–Crippen LogP) is 2.54. The number of ether oxygens (including phenoxy) is 1. The molecule has 2 aromatic rings. The number of anilines is 1. The van der Waals surface area contributed by atoms with E-state index in [1.807, 2.05) is 36.4 Å². The van der Waals surface area contributed by atoms with E-state index in [1.54, 1.807) is 17.7 Å². The lowest BCUT2D eigenvalue weighted by molar-refractivity contribution is -0.114. The maximum absolute atomic E-state index is 12.3. The Hall–Kier alpha value is -3.07. The molecule has 1 aromatic carbocycles. The Morgan fingerprint density at radius 1 is 1.30 bits per heavy atom. The summed E-state index contributed by atoms with van der Waals surface area (Å²) in [5.74, 6) is -0.932. The van der Waals surface area contributed by atoms with E-state index >= 15 is 0 Å². The number of benzene rings is 1. The lowest BCUT2D eigenvalue weighted by Gasteiger charge is -2.11. The molecule has 0 saturated heterocycles. The summed E-state index contributed by atoms with van der Waals surface area (Å²) in [5.41, 5.74) is 1.54. The molecule has 0 bridgehead atoms. The third kappa shape index (κ3) is 3.77. The van der Waals surface area contributed by atoms with Crippen molar-refractivity contribution in [3.63, 3.8) is 0 Å². The van der Waals surface area contributed by atoms with E-state index in [-0.39, 0.29) is 29.5 Å². The lowest BCUT2D eigenvalue weighted by atomic mass is 10.2. The second-order valence-electron chi connectivity index (χ2n) is 4.89. The molecule has 0 aliphatic carbocycles. The molecule has 0 saturated carbocycles. The van der Waals surface area contributed by atoms with Crippen LogP contribution in [0.2, 0.25) is 0 Å². The Kier molecular flexibility index (Phi) is 5.15. The molecule has 0 radical (unpaired) electrons. The molecule has 2 rings (SSSR count). The van der Waals surface area contributed by atoms with Crippen LogP contribution in [0.25, 0.3) is 0 Å². The highest BCUT2D eigenvalue weighted by molar-refractivity contribution is 6.01. The molecule has 6 heteroatoms. The topological polar surface area (TPSA) is 84.1 Å². The minimum atomic E-state index is -0.575. The van der Waals surface area contributed by atoms with Gasteiger partial charge in [-0.1, -0.05) is 30.3 Å². The van der Waals surface area contributed by atoms with Gasteiger partial charge in [-0.05, 0) is 12.5 Å². The number of nitriles is 1. The Labute approximate surface area is 134 Å². The monoisotopic (exact) mass is 311 g/mol. The van der Waals surface area contributed by atoms with Gasteiger partial charge in [-0.3, -0.25) is 4.79 Å². The summed E-state index contributed by atoms with van der Waals surface area (Å²) in [4.78, 5) is 23.7. The van der Waals surface area contributed by atoms with Gasteiger partial charge in [-0.2, -0.15) is 5.26 Å². The summed E-state index contributed by atoms with van der Waals surface area (Å²) < 4.78 is 6.69. The van der Waals surface area contributed by atoms with Crippen molar-refractivity contribution in [1.29, 1.82) is 5.26 Å². The van der Waals surface area contributed by atoms with Crippen LogP contribution in [0, 0.1) is 11.3 Å². The Morgan fingerprint density at radius 2 is 2.00 bits per heavy atom. The molecule has 0 aliphatic heterocycles. The maximum Gasteiger partial charge on any atom is 0.357 e. The molecular formula is C17H17N3O3. The average molecular weight is 311 g/mol. The second kappa shape index (κ2) is 7.27. The largest absolute Gasteiger partial charge is 0.461 e. The van der Waals surface area contributed by atoms with Crippen LogP contribution in [0.4, 0.5) is 5.69 Å². The van der Waals surface area contributed by atoms with Gasteiger partial charge in [0, 0.05) is 19.7 Å². The van der Waals surface area contributed by atoms with Crippen LogP contribution in [0.3, 0.4) is 0 Å². The minimum Gasteiger partial charge on any atom is -0.461 e. The molecule has 118 valence electrons. The van der Waals surface area contributed by atoms with Crippen LogP contribution in [0.15, 0.2) is 36.5 Å². The van der Waals surface area contributed by atoms with E-state index in [1.165, 1.54) is 6.92 Å². The predicted molar refractivity (Wildman–Crippen MR) is 85.0 cm³/mol. The zero-order valence-electron chi connectivity index (χ0n) is 13.0. The third-order valence-electron chi connectivity index (χ3n) is 3.16. The van der Waals surface area contributed by atoms with Gasteiger partial charge in [-0.15, -0.1) is 0 Å². The van der Waals surface area contributed by atoms with Gasteiger partial charge in [-0.25, -0.2) is 4.79 Å². The number of carbonyl (C=O) groups excluding carboxylic acids is 2. The van der Waals surface area contributed by atoms with E-state index < -0.39 is 5.97 Å². The van der Waals surface area contributed by atoms with Crippen LogP contribution in [0.5, 0.6) is 0 Å². The molecular weight excluding hydrogens is 294 g/mol. The highest BCUT2D eigenvalue weighted by Crippen LogP contribution is 2.25. The first-order chi connectivity index (χ1) is 11.1. The second-order valence-corrected chi connectivity index (χ2v) is 4.89. The molecule has 23 heavy (non-hydrogen) atoms. The first-order valence-corrected chi connectivity index (χ1v) is 7.18. The van der Waals surface area contributed by atoms with Crippen molar-refractivity contribution < 1.29 is 14.3 Å². The zero-order valence-corrected chi connectivity index (χ0v) is 13.0. The smallest absolute Gasteiger partial charge is 0.357 e. The van der Waals surface area contributed by atoms with Crippen molar-refractivity contribution in [1.82, 2.24) is 4.57 Å². The first kappa shape index (κ1) is 16.3. The molecule has 6 nitrogen and oxygen atoms in total. The molecule has 0 atom stereocenters. The average Bonchev–Trinajstić information content (AvgIpc) is 2.85. The van der Waals surface area contributed by atoms with Gasteiger partial charge in [0.2, 0.25) is 5.91 Å². The number of aromatic nitrogens is 1. The molecule has 1 aromatic heterocycles. The van der Waals surface area contributed by atoms with E-state index in [9.17, 15) is 14.9 Å². The van der Waals surface area contributed by atoms with Crippen LogP contribution in [-0.2, 0) is 16.1 Å². The molecule has 0 aliphatic rings. The molecule has 0 spiro atoms. The fraction of sp³-hybridized carbons (Fsp3) is 0.235. The fourth-order valence-corrected chi connectivity index (χ4v) is 2.27. The summed E-state index contributed by atoms with van der Waals surface area (Å²) in [6, 6.07) is 11.5. The van der Waals surface area contributed by atoms with E-state index in [0.29, 0.717) is 6.54 Å². The first-order valence-electron chi connectivity index (χ1n) is 7.18. The van der Waals surface area contributed by atoms with Crippen LogP contribution in [0.1, 0.15) is 35.5 Å². The van der Waals surface area contributed by atoms with E-state index in [4.69, 9.17) is 4.74 Å². The molecule has 1 N–H and O–H groups in total. The standard InChI is InChI=1S/C17H17N3O3/c1-3-23-17(22)16-15(19-12(2)21)14(9-18)11-20(16)10-13-7-5-4-6-8-13/h4-8,11H,3,10H2,1-2H3,(H,19,21). The number of carbonyl (C=O) groups is 2. The normalized spacial score (nSPS) is 9.96. The summed E-state index contributed by atoms with van der Waals surface area (Å²) in [5, 5.41) is 11.8. The van der Waals surface area contributed by atoms with Crippen molar-refractivity contribution in [2.45, 2.75) is 20.4 Å². The van der Waals surface area contributed by atoms with E-state index in [2.05, 4.69) is 5.32 Å². The number of hydrogen-bond acceptors (Lipinski definition) is 4. The molecule has 0 fully saturated rings. The number of esters is 1. The van der Waals surface area contributed by atoms with Crippen LogP contribution >= 0.6 is 0 Å². The maximum atomic E-state index is 12.3. The summed E-state index contributed by atoms with van der Waals surface area (Å²) in [6.45, 7) is 3.62. The van der Waals surface area contributed by atoms with Crippen molar-refractivity contribution in [3.05, 3.63) is 53.3 Å². The Bertz CT molecular complexity index is 757. The summed E-state index contributed by atoms with van der Waals surface area (Å²) in [6.07, 6.45) is 1.55. The van der Waals surface area contributed by atoms with E-state index in [0.717, 1.165) is 5.56 Å². The minimum absolute atomic E-state index is 0.169. The highest BCUT2D eigenvalue weighted by atomic mass is 16.5. The van der Waals surface area contributed by atoms with Crippen molar-refractivity contribution in [2.24, 2.45) is 0 Å². The van der Waals surface area contributed by atoms with Gasteiger partial charge >= 0.3 is 5.97 Å². The summed E-state index contributed by atoms with van der Waals surface area (Å²) >= 11 is 0. The molecule has 1 heterocycles. The van der Waals surface area contributed by atoms with Gasteiger partial charge in [0.15, 0.2) is 5.69 Å². The highest BCUT2D eigenvalue weighted by Gasteiger charge is 2.24. The number of nitrogens with zero attached hydrogens (tertiary/aromatic N) is 2. The lowest BCUT2D eigenvalue weighted by Crippen LogP contribution is -2.16. The van der Waals surface area contributed by atoms with Gasteiger partial charge in [0.05, 0.1) is 17.9 Å². The number of amides is 1. The number of nitrogens with one attached hydrogen (secondary N) is 1. The molecule has 1 amide bonds. The zero-order chi connectivity index (χ0) is 16.8. The SMILES string of the molecule is CCOC(=O)c1c(NC(C)=O)c(C#N)cn1Cc1ccccc1. The quantitative estimate of drug-likeness (QED) is 0.860. The number of rotatable bonds is 5.